The first-order valence-corrected chi connectivity index (χ1v) is 8.08. The molecule has 116 valence electrons. The molecule has 20 heavy (non-hydrogen) atoms. The van der Waals surface area contributed by atoms with E-state index in [0.29, 0.717) is 6.61 Å². The van der Waals surface area contributed by atoms with Crippen molar-refractivity contribution < 1.29 is 14.3 Å². The number of hydrogen-bond donors (Lipinski definition) is 0. The zero-order valence-corrected chi connectivity index (χ0v) is 13.8. The molecular formula is C16H27ClO3. The van der Waals surface area contributed by atoms with Gasteiger partial charge in [-0.2, -0.15) is 0 Å². The minimum Gasteiger partial charge on any atom is -0.463 e. The molecule has 1 fully saturated rings. The second kappa shape index (κ2) is 8.68. The zero-order chi connectivity index (χ0) is 15.1. The highest BCUT2D eigenvalue weighted by Crippen LogP contribution is 2.36. The Bertz CT molecular complexity index is 341. The van der Waals surface area contributed by atoms with Gasteiger partial charge in [0.15, 0.2) is 0 Å². The molecule has 4 heteroatoms. The van der Waals surface area contributed by atoms with E-state index in [1.165, 1.54) is 0 Å². The van der Waals surface area contributed by atoms with Crippen molar-refractivity contribution >= 4 is 17.6 Å². The van der Waals surface area contributed by atoms with E-state index in [4.69, 9.17) is 21.1 Å². The van der Waals surface area contributed by atoms with Gasteiger partial charge in [0.05, 0.1) is 18.8 Å². The summed E-state index contributed by atoms with van der Waals surface area (Å²) in [7, 11) is 0. The van der Waals surface area contributed by atoms with E-state index in [2.05, 4.69) is 13.8 Å². The van der Waals surface area contributed by atoms with Crippen LogP contribution in [-0.2, 0) is 14.3 Å². The first-order chi connectivity index (χ1) is 9.51. The Balaban J connectivity index is 2.66. The Labute approximate surface area is 127 Å². The molecule has 0 spiro atoms. The number of alkyl halides is 1. The van der Waals surface area contributed by atoms with Gasteiger partial charge in [-0.05, 0) is 39.5 Å². The van der Waals surface area contributed by atoms with Crippen LogP contribution in [0, 0.1) is 5.92 Å². The van der Waals surface area contributed by atoms with Crippen molar-refractivity contribution in [1.82, 2.24) is 0 Å². The van der Waals surface area contributed by atoms with Gasteiger partial charge < -0.3 is 9.47 Å². The smallest absolute Gasteiger partial charge is 0.330 e. The number of carbonyl (C=O) groups is 1. The maximum Gasteiger partial charge on any atom is 0.330 e. The average molecular weight is 303 g/mol. The molecule has 3 nitrogen and oxygen atoms in total. The summed E-state index contributed by atoms with van der Waals surface area (Å²) in [4.78, 5) is 11.5. The predicted molar refractivity (Wildman–Crippen MR) is 82.0 cm³/mol. The lowest BCUT2D eigenvalue weighted by molar-refractivity contribution is -0.137. The second-order valence-corrected chi connectivity index (χ2v) is 6.04. The minimum atomic E-state index is -0.271. The third-order valence-electron chi connectivity index (χ3n) is 3.86. The van der Waals surface area contributed by atoms with Crippen molar-refractivity contribution in [2.75, 3.05) is 6.61 Å². The predicted octanol–water partition coefficient (Wildman–Crippen LogP) is 4.09. The number of allylic oxidation sites excluding steroid dienone is 1. The number of hydrogen-bond acceptors (Lipinski definition) is 3. The second-order valence-electron chi connectivity index (χ2n) is 5.48. The molecule has 0 saturated carbocycles. The van der Waals surface area contributed by atoms with Crippen LogP contribution in [0.1, 0.15) is 53.4 Å². The van der Waals surface area contributed by atoms with Crippen LogP contribution in [0.3, 0.4) is 0 Å². The van der Waals surface area contributed by atoms with Crippen molar-refractivity contribution in [1.29, 1.82) is 0 Å². The first kappa shape index (κ1) is 17.5. The Kier molecular flexibility index (Phi) is 7.60. The van der Waals surface area contributed by atoms with Crippen LogP contribution in [0.4, 0.5) is 0 Å². The van der Waals surface area contributed by atoms with Crippen molar-refractivity contribution in [2.45, 2.75) is 71.0 Å². The van der Waals surface area contributed by atoms with Gasteiger partial charge in [0.25, 0.3) is 0 Å². The molecule has 0 aromatic heterocycles. The summed E-state index contributed by atoms with van der Waals surface area (Å²) in [5.41, 5.74) is 1.01. The SMILES string of the molecule is CCOC(=O)/C=C(\C)CC1[C@H](Cl)C[C@H](CC)O[C@@H]1CC. The molecule has 0 bridgehead atoms. The number of rotatable bonds is 6. The summed E-state index contributed by atoms with van der Waals surface area (Å²) in [6.45, 7) is 8.43. The van der Waals surface area contributed by atoms with Gasteiger partial charge in [0.1, 0.15) is 0 Å². The minimum absolute atomic E-state index is 0.115. The van der Waals surface area contributed by atoms with Crippen LogP contribution in [0.5, 0.6) is 0 Å². The average Bonchev–Trinajstić information content (AvgIpc) is 2.40. The van der Waals surface area contributed by atoms with Crippen LogP contribution < -0.4 is 0 Å². The van der Waals surface area contributed by atoms with E-state index >= 15 is 0 Å². The molecular weight excluding hydrogens is 276 g/mol. The van der Waals surface area contributed by atoms with E-state index in [1.54, 1.807) is 6.08 Å². The van der Waals surface area contributed by atoms with Gasteiger partial charge in [0.2, 0.25) is 0 Å². The van der Waals surface area contributed by atoms with Crippen LogP contribution in [0.15, 0.2) is 11.6 Å². The van der Waals surface area contributed by atoms with Crippen LogP contribution in [0.2, 0.25) is 0 Å². The number of halogens is 1. The lowest BCUT2D eigenvalue weighted by Crippen LogP contribution is -2.41. The van der Waals surface area contributed by atoms with E-state index in [9.17, 15) is 4.79 Å². The quantitative estimate of drug-likeness (QED) is 0.421. The normalized spacial score (nSPS) is 31.1. The highest BCUT2D eigenvalue weighted by Gasteiger charge is 2.36. The molecule has 1 rings (SSSR count). The summed E-state index contributed by atoms with van der Waals surface area (Å²) in [6.07, 6.45) is 5.68. The topological polar surface area (TPSA) is 35.5 Å². The van der Waals surface area contributed by atoms with Crippen LogP contribution in [0.25, 0.3) is 0 Å². The van der Waals surface area contributed by atoms with Crippen molar-refractivity contribution in [2.24, 2.45) is 5.92 Å². The van der Waals surface area contributed by atoms with Crippen LogP contribution >= 0.6 is 11.6 Å². The molecule has 0 aromatic rings. The maximum atomic E-state index is 11.5. The van der Waals surface area contributed by atoms with Gasteiger partial charge in [0, 0.05) is 17.4 Å². The van der Waals surface area contributed by atoms with Crippen molar-refractivity contribution in [3.8, 4) is 0 Å². The Morgan fingerprint density at radius 1 is 1.35 bits per heavy atom. The van der Waals surface area contributed by atoms with E-state index in [0.717, 1.165) is 31.3 Å². The summed E-state index contributed by atoms with van der Waals surface area (Å²) in [5.74, 6) is 0.00229. The van der Waals surface area contributed by atoms with Gasteiger partial charge in [-0.3, -0.25) is 0 Å². The van der Waals surface area contributed by atoms with Gasteiger partial charge in [-0.1, -0.05) is 19.4 Å². The third-order valence-corrected chi connectivity index (χ3v) is 4.37. The molecule has 1 aliphatic rings. The van der Waals surface area contributed by atoms with Crippen molar-refractivity contribution in [3.63, 3.8) is 0 Å². The number of ether oxygens (including phenoxy) is 2. The summed E-state index contributed by atoms with van der Waals surface area (Å²) in [6, 6.07) is 0. The Morgan fingerprint density at radius 3 is 2.60 bits per heavy atom. The van der Waals surface area contributed by atoms with Gasteiger partial charge >= 0.3 is 5.97 Å². The summed E-state index contributed by atoms with van der Waals surface area (Å²) < 4.78 is 11.0. The summed E-state index contributed by atoms with van der Waals surface area (Å²) >= 11 is 6.55. The Morgan fingerprint density at radius 2 is 2.05 bits per heavy atom. The molecule has 1 saturated heterocycles. The van der Waals surface area contributed by atoms with E-state index in [1.807, 2.05) is 13.8 Å². The lowest BCUT2D eigenvalue weighted by Gasteiger charge is -2.39. The molecule has 1 aliphatic heterocycles. The standard InChI is InChI=1S/C16H27ClO3/c1-5-12-10-14(17)13(15(6-2)20-12)8-11(4)9-16(18)19-7-3/h9,12-15H,5-8,10H2,1-4H3/b11-9+/t12-,13?,14+,15+/m0/s1. The number of carbonyl (C=O) groups excluding carboxylic acids is 1. The first-order valence-electron chi connectivity index (χ1n) is 7.65. The highest BCUT2D eigenvalue weighted by atomic mass is 35.5. The largest absolute Gasteiger partial charge is 0.463 e. The van der Waals surface area contributed by atoms with Gasteiger partial charge in [-0.15, -0.1) is 11.6 Å². The lowest BCUT2D eigenvalue weighted by atomic mass is 9.84. The third kappa shape index (κ3) is 5.10. The molecule has 0 aliphatic carbocycles. The summed E-state index contributed by atoms with van der Waals surface area (Å²) in [5, 5.41) is 0.115. The molecule has 1 unspecified atom stereocenters. The monoisotopic (exact) mass is 302 g/mol. The fourth-order valence-electron chi connectivity index (χ4n) is 2.80. The fourth-order valence-corrected chi connectivity index (χ4v) is 3.25. The highest BCUT2D eigenvalue weighted by molar-refractivity contribution is 6.20. The van der Waals surface area contributed by atoms with Crippen molar-refractivity contribution in [3.05, 3.63) is 11.6 Å². The zero-order valence-electron chi connectivity index (χ0n) is 13.0. The van der Waals surface area contributed by atoms with Crippen LogP contribution in [-0.4, -0.2) is 30.2 Å². The van der Waals surface area contributed by atoms with E-state index < -0.39 is 0 Å². The molecule has 0 radical (unpaired) electrons. The molecule has 0 amide bonds. The molecule has 0 N–H and O–H groups in total. The fraction of sp³-hybridized carbons (Fsp3) is 0.812. The number of esters is 1. The van der Waals surface area contributed by atoms with Gasteiger partial charge in [-0.25, -0.2) is 4.79 Å². The maximum absolute atomic E-state index is 11.5. The molecule has 0 aromatic carbocycles. The molecule has 4 atom stereocenters. The van der Waals surface area contributed by atoms with E-state index in [-0.39, 0.29) is 29.5 Å². The Hall–Kier alpha value is -0.540. The molecule has 1 heterocycles.